The second-order valence-electron chi connectivity index (χ2n) is 7.42. The number of hydrogen-bond donors (Lipinski definition) is 1. The third kappa shape index (κ3) is 3.40. The van der Waals surface area contributed by atoms with Crippen LogP contribution in [0.4, 0.5) is 0 Å². The zero-order chi connectivity index (χ0) is 19.8. The van der Waals surface area contributed by atoms with Crippen molar-refractivity contribution < 1.29 is 4.79 Å². The number of carbonyl (C=O) groups excluding carboxylic acids is 1. The van der Waals surface area contributed by atoms with Gasteiger partial charge in [-0.05, 0) is 28.5 Å². The highest BCUT2D eigenvalue weighted by atomic mass is 35.5. The number of amides is 1. The predicted octanol–water partition coefficient (Wildman–Crippen LogP) is 5.01. The summed E-state index contributed by atoms with van der Waals surface area (Å²) < 4.78 is 0. The molecule has 1 aliphatic heterocycles. The number of aromatic nitrogens is 2. The number of benzene rings is 3. The van der Waals surface area contributed by atoms with E-state index in [1.807, 2.05) is 53.4 Å². The van der Waals surface area contributed by atoms with Gasteiger partial charge in [0.15, 0.2) is 0 Å². The van der Waals surface area contributed by atoms with Crippen molar-refractivity contribution in [3.8, 4) is 11.3 Å². The van der Waals surface area contributed by atoms with Crippen LogP contribution in [0.3, 0.4) is 0 Å². The SMILES string of the molecule is O=C(Cc1cccc2ccccc12)N1CCc2[nH]nc(-c3ccc(Cl)cc3)c2C1. The van der Waals surface area contributed by atoms with Gasteiger partial charge in [-0.2, -0.15) is 5.10 Å². The standard InChI is InChI=1S/C24H20ClN3O/c25-19-10-8-17(9-11-19)24-21-15-28(13-12-22(21)26-27-24)23(29)14-18-6-3-5-16-4-1-2-7-20(16)18/h1-11H,12-15H2,(H,26,27). The normalized spacial score (nSPS) is 13.5. The molecule has 3 aromatic carbocycles. The average molecular weight is 402 g/mol. The van der Waals surface area contributed by atoms with E-state index in [0.717, 1.165) is 39.9 Å². The number of halogens is 1. The molecule has 2 heterocycles. The predicted molar refractivity (Wildman–Crippen MR) is 116 cm³/mol. The van der Waals surface area contributed by atoms with Crippen molar-refractivity contribution in [1.29, 1.82) is 0 Å². The molecule has 0 spiro atoms. The molecule has 1 N–H and O–H groups in total. The molecule has 0 atom stereocenters. The molecule has 1 aromatic heterocycles. The van der Waals surface area contributed by atoms with Gasteiger partial charge >= 0.3 is 0 Å². The highest BCUT2D eigenvalue weighted by Crippen LogP contribution is 2.29. The minimum absolute atomic E-state index is 0.148. The van der Waals surface area contributed by atoms with Crippen molar-refractivity contribution in [3.63, 3.8) is 0 Å². The van der Waals surface area contributed by atoms with Crippen LogP contribution in [0.5, 0.6) is 0 Å². The topological polar surface area (TPSA) is 49.0 Å². The van der Waals surface area contributed by atoms with Crippen LogP contribution >= 0.6 is 11.6 Å². The first-order valence-electron chi connectivity index (χ1n) is 9.75. The van der Waals surface area contributed by atoms with Crippen LogP contribution in [-0.2, 0) is 24.2 Å². The molecule has 1 aliphatic rings. The van der Waals surface area contributed by atoms with Crippen LogP contribution in [0.15, 0.2) is 66.7 Å². The molecule has 4 aromatic rings. The summed E-state index contributed by atoms with van der Waals surface area (Å²) in [5.41, 5.74) is 5.20. The molecule has 0 aliphatic carbocycles. The summed E-state index contributed by atoms with van der Waals surface area (Å²) in [6.45, 7) is 1.28. The number of carbonyl (C=O) groups is 1. The van der Waals surface area contributed by atoms with Crippen LogP contribution in [0.25, 0.3) is 22.0 Å². The van der Waals surface area contributed by atoms with Crippen LogP contribution in [0.1, 0.15) is 16.8 Å². The number of hydrogen-bond acceptors (Lipinski definition) is 2. The van der Waals surface area contributed by atoms with E-state index < -0.39 is 0 Å². The van der Waals surface area contributed by atoms with E-state index in [4.69, 9.17) is 11.6 Å². The summed E-state index contributed by atoms with van der Waals surface area (Å²) in [6, 6.07) is 22.0. The highest BCUT2D eigenvalue weighted by molar-refractivity contribution is 6.30. The Kier molecular flexibility index (Phi) is 4.57. The van der Waals surface area contributed by atoms with Crippen LogP contribution < -0.4 is 0 Å². The Morgan fingerprint density at radius 2 is 1.83 bits per heavy atom. The van der Waals surface area contributed by atoms with Gasteiger partial charge in [-0.15, -0.1) is 0 Å². The van der Waals surface area contributed by atoms with Gasteiger partial charge in [0.2, 0.25) is 5.91 Å². The molecule has 1 amide bonds. The van der Waals surface area contributed by atoms with Crippen LogP contribution in [0.2, 0.25) is 5.02 Å². The lowest BCUT2D eigenvalue weighted by Gasteiger charge is -2.27. The number of nitrogens with zero attached hydrogens (tertiary/aromatic N) is 2. The monoisotopic (exact) mass is 401 g/mol. The van der Waals surface area contributed by atoms with Gasteiger partial charge in [0, 0.05) is 41.4 Å². The molecule has 0 saturated heterocycles. The van der Waals surface area contributed by atoms with Crippen molar-refractivity contribution in [2.75, 3.05) is 6.54 Å². The van der Waals surface area contributed by atoms with Gasteiger partial charge in [-0.25, -0.2) is 0 Å². The van der Waals surface area contributed by atoms with Gasteiger partial charge in [0.1, 0.15) is 0 Å². The van der Waals surface area contributed by atoms with Crippen molar-refractivity contribution in [1.82, 2.24) is 15.1 Å². The lowest BCUT2D eigenvalue weighted by Crippen LogP contribution is -2.36. The average Bonchev–Trinajstić information content (AvgIpc) is 3.18. The molecule has 0 unspecified atom stereocenters. The molecular weight excluding hydrogens is 382 g/mol. The van der Waals surface area contributed by atoms with Crippen molar-refractivity contribution in [2.45, 2.75) is 19.4 Å². The lowest BCUT2D eigenvalue weighted by atomic mass is 9.99. The fourth-order valence-electron chi connectivity index (χ4n) is 4.08. The zero-order valence-corrected chi connectivity index (χ0v) is 16.6. The van der Waals surface area contributed by atoms with Crippen molar-refractivity contribution in [2.24, 2.45) is 0 Å². The minimum Gasteiger partial charge on any atom is -0.338 e. The molecule has 0 radical (unpaired) electrons. The number of fused-ring (bicyclic) bond motifs is 2. The van der Waals surface area contributed by atoms with E-state index >= 15 is 0 Å². The van der Waals surface area contributed by atoms with Crippen LogP contribution in [-0.4, -0.2) is 27.5 Å². The molecule has 5 heteroatoms. The molecule has 0 saturated carbocycles. The third-order valence-electron chi connectivity index (χ3n) is 5.63. The molecule has 5 rings (SSSR count). The Morgan fingerprint density at radius 1 is 1.03 bits per heavy atom. The highest BCUT2D eigenvalue weighted by Gasteiger charge is 2.26. The summed E-state index contributed by atoms with van der Waals surface area (Å²) in [6.07, 6.45) is 1.20. The van der Waals surface area contributed by atoms with Gasteiger partial charge in [0.25, 0.3) is 0 Å². The second-order valence-corrected chi connectivity index (χ2v) is 7.85. The maximum absolute atomic E-state index is 13.1. The van der Waals surface area contributed by atoms with E-state index in [1.165, 1.54) is 5.39 Å². The Bertz CT molecular complexity index is 1190. The Hall–Kier alpha value is -3.11. The van der Waals surface area contributed by atoms with Gasteiger partial charge in [0.05, 0.1) is 12.1 Å². The first kappa shape index (κ1) is 18.0. The summed E-state index contributed by atoms with van der Waals surface area (Å²) >= 11 is 6.02. The summed E-state index contributed by atoms with van der Waals surface area (Å²) in [5.74, 6) is 0.148. The minimum atomic E-state index is 0.148. The van der Waals surface area contributed by atoms with E-state index in [-0.39, 0.29) is 5.91 Å². The summed E-state index contributed by atoms with van der Waals surface area (Å²) in [4.78, 5) is 15.1. The zero-order valence-electron chi connectivity index (χ0n) is 15.9. The van der Waals surface area contributed by atoms with Gasteiger partial charge in [-0.3, -0.25) is 9.89 Å². The number of aromatic amines is 1. The van der Waals surface area contributed by atoms with Crippen molar-refractivity contribution in [3.05, 3.63) is 88.6 Å². The van der Waals surface area contributed by atoms with Crippen molar-refractivity contribution >= 4 is 28.3 Å². The fourth-order valence-corrected chi connectivity index (χ4v) is 4.20. The van der Waals surface area contributed by atoms with Crippen LogP contribution in [0, 0.1) is 0 Å². The molecule has 29 heavy (non-hydrogen) atoms. The number of rotatable bonds is 3. The van der Waals surface area contributed by atoms with E-state index in [0.29, 0.717) is 24.5 Å². The third-order valence-corrected chi connectivity index (χ3v) is 5.88. The fraction of sp³-hybridized carbons (Fsp3) is 0.167. The van der Waals surface area contributed by atoms with Gasteiger partial charge in [-0.1, -0.05) is 66.2 Å². The Balaban J connectivity index is 1.40. The van der Waals surface area contributed by atoms with E-state index in [9.17, 15) is 4.79 Å². The second kappa shape index (κ2) is 7.37. The summed E-state index contributed by atoms with van der Waals surface area (Å²) in [7, 11) is 0. The quantitative estimate of drug-likeness (QED) is 0.524. The Morgan fingerprint density at radius 3 is 2.69 bits per heavy atom. The van der Waals surface area contributed by atoms with Gasteiger partial charge < -0.3 is 4.90 Å². The Labute approximate surface area is 174 Å². The number of nitrogens with one attached hydrogen (secondary N) is 1. The number of H-pyrrole nitrogens is 1. The maximum atomic E-state index is 13.1. The maximum Gasteiger partial charge on any atom is 0.227 e. The molecule has 144 valence electrons. The largest absolute Gasteiger partial charge is 0.338 e. The first-order chi connectivity index (χ1) is 14.2. The lowest BCUT2D eigenvalue weighted by molar-refractivity contribution is -0.131. The van der Waals surface area contributed by atoms with E-state index in [2.05, 4.69) is 28.4 Å². The molecule has 0 bridgehead atoms. The first-order valence-corrected chi connectivity index (χ1v) is 10.1. The smallest absolute Gasteiger partial charge is 0.227 e. The summed E-state index contributed by atoms with van der Waals surface area (Å²) in [5, 5.41) is 10.7. The van der Waals surface area contributed by atoms with E-state index in [1.54, 1.807) is 0 Å². The molecule has 0 fully saturated rings. The molecular formula is C24H20ClN3O. The molecule has 4 nitrogen and oxygen atoms in total.